The van der Waals surface area contributed by atoms with Crippen molar-refractivity contribution in [2.75, 3.05) is 0 Å². The van der Waals surface area contributed by atoms with Crippen molar-refractivity contribution in [3.05, 3.63) is 42.0 Å². The molecule has 2 saturated carbocycles. The molecule has 1 aromatic carbocycles. The van der Waals surface area contributed by atoms with Crippen LogP contribution in [0.15, 0.2) is 36.4 Å². The molecule has 2 heteroatoms. The molecule has 2 aliphatic carbocycles. The minimum absolute atomic E-state index is 0.128. The van der Waals surface area contributed by atoms with Crippen molar-refractivity contribution in [2.45, 2.75) is 63.9 Å². The maximum atomic E-state index is 12.0. The summed E-state index contributed by atoms with van der Waals surface area (Å²) in [4.78, 5) is 12.0. The summed E-state index contributed by atoms with van der Waals surface area (Å²) in [5.41, 5.74) is 1.03. The Bertz CT molecular complexity index is 506. The monoisotopic (exact) mass is 312 g/mol. The number of rotatable bonds is 4. The molecule has 0 amide bonds. The van der Waals surface area contributed by atoms with Crippen LogP contribution in [0.1, 0.15) is 63.4 Å². The summed E-state index contributed by atoms with van der Waals surface area (Å²) >= 11 is 0. The highest BCUT2D eigenvalue weighted by Crippen LogP contribution is 2.38. The molecule has 0 heterocycles. The third kappa shape index (κ3) is 4.95. The van der Waals surface area contributed by atoms with Crippen molar-refractivity contribution in [3.63, 3.8) is 0 Å². The summed E-state index contributed by atoms with van der Waals surface area (Å²) in [6.45, 7) is 0. The number of carbonyl (C=O) groups excluding carboxylic acids is 1. The van der Waals surface area contributed by atoms with Crippen molar-refractivity contribution in [2.24, 2.45) is 11.8 Å². The van der Waals surface area contributed by atoms with Gasteiger partial charge in [0.2, 0.25) is 0 Å². The zero-order chi connectivity index (χ0) is 15.9. The molecule has 1 aromatic rings. The lowest BCUT2D eigenvalue weighted by atomic mass is 9.73. The average Bonchev–Trinajstić information content (AvgIpc) is 2.62. The van der Waals surface area contributed by atoms with E-state index in [1.165, 1.54) is 44.9 Å². The molecule has 124 valence electrons. The summed E-state index contributed by atoms with van der Waals surface area (Å²) < 4.78 is 5.62. The van der Waals surface area contributed by atoms with E-state index < -0.39 is 0 Å². The molecule has 23 heavy (non-hydrogen) atoms. The Morgan fingerprint density at radius 3 is 2.22 bits per heavy atom. The fourth-order valence-corrected chi connectivity index (χ4v) is 4.22. The molecule has 0 spiro atoms. The first-order chi connectivity index (χ1) is 11.3. The number of hydrogen-bond acceptors (Lipinski definition) is 2. The van der Waals surface area contributed by atoms with Crippen LogP contribution in [0.3, 0.4) is 0 Å². The first-order valence-electron chi connectivity index (χ1n) is 9.25. The molecule has 2 nitrogen and oxygen atoms in total. The quantitative estimate of drug-likeness (QED) is 0.551. The normalized spacial score (nSPS) is 26.3. The van der Waals surface area contributed by atoms with Crippen molar-refractivity contribution >= 4 is 12.0 Å². The Morgan fingerprint density at radius 2 is 1.52 bits per heavy atom. The molecule has 0 aromatic heterocycles. The molecule has 0 aliphatic heterocycles. The predicted octanol–water partition coefficient (Wildman–Crippen LogP) is 5.38. The second kappa shape index (κ2) is 8.33. The van der Waals surface area contributed by atoms with Gasteiger partial charge >= 0.3 is 5.97 Å². The topological polar surface area (TPSA) is 26.3 Å². The maximum Gasteiger partial charge on any atom is 0.331 e. The molecule has 0 N–H and O–H groups in total. The lowest BCUT2D eigenvalue weighted by Gasteiger charge is -2.35. The van der Waals surface area contributed by atoms with Gasteiger partial charge in [0.1, 0.15) is 6.10 Å². The first kappa shape index (κ1) is 16.3. The van der Waals surface area contributed by atoms with E-state index in [0.29, 0.717) is 0 Å². The summed E-state index contributed by atoms with van der Waals surface area (Å²) in [6.07, 6.45) is 15.2. The smallest absolute Gasteiger partial charge is 0.331 e. The molecule has 3 rings (SSSR count). The highest BCUT2D eigenvalue weighted by molar-refractivity contribution is 5.87. The second-order valence-corrected chi connectivity index (χ2v) is 7.12. The van der Waals surface area contributed by atoms with Crippen molar-refractivity contribution in [1.82, 2.24) is 0 Å². The SMILES string of the molecule is O=C(/C=C/c1ccccc1)OC1CCC(C2CCCCC2)CC1. The van der Waals surface area contributed by atoms with Crippen LogP contribution in [0.4, 0.5) is 0 Å². The van der Waals surface area contributed by atoms with Crippen molar-refractivity contribution in [1.29, 1.82) is 0 Å². The minimum Gasteiger partial charge on any atom is -0.459 e. The van der Waals surface area contributed by atoms with Gasteiger partial charge < -0.3 is 4.74 Å². The van der Waals surface area contributed by atoms with Crippen LogP contribution in [0.2, 0.25) is 0 Å². The Hall–Kier alpha value is -1.57. The number of hydrogen-bond donors (Lipinski definition) is 0. The Balaban J connectivity index is 1.41. The van der Waals surface area contributed by atoms with E-state index in [0.717, 1.165) is 30.2 Å². The average molecular weight is 312 g/mol. The van der Waals surface area contributed by atoms with Crippen LogP contribution in [0, 0.1) is 11.8 Å². The molecule has 0 atom stereocenters. The van der Waals surface area contributed by atoms with Crippen LogP contribution in [0.5, 0.6) is 0 Å². The lowest BCUT2D eigenvalue weighted by Crippen LogP contribution is -2.28. The third-order valence-electron chi connectivity index (χ3n) is 5.53. The van der Waals surface area contributed by atoms with Gasteiger partial charge in [-0.15, -0.1) is 0 Å². The Morgan fingerprint density at radius 1 is 0.870 bits per heavy atom. The van der Waals surface area contributed by atoms with Crippen LogP contribution in [-0.2, 0) is 9.53 Å². The van der Waals surface area contributed by atoms with Crippen LogP contribution in [-0.4, -0.2) is 12.1 Å². The molecule has 0 saturated heterocycles. The summed E-state index contributed by atoms with van der Waals surface area (Å²) in [5, 5.41) is 0. The van der Waals surface area contributed by atoms with E-state index >= 15 is 0 Å². The van der Waals surface area contributed by atoms with E-state index in [4.69, 9.17) is 4.74 Å². The number of carbonyl (C=O) groups is 1. The summed E-state index contributed by atoms with van der Waals surface area (Å²) in [5.74, 6) is 1.62. The molecule has 2 fully saturated rings. The highest BCUT2D eigenvalue weighted by Gasteiger charge is 2.29. The lowest BCUT2D eigenvalue weighted by molar-refractivity contribution is -0.145. The first-order valence-corrected chi connectivity index (χ1v) is 9.25. The molecule has 0 radical (unpaired) electrons. The molecule has 2 aliphatic rings. The summed E-state index contributed by atoms with van der Waals surface area (Å²) in [7, 11) is 0. The molecular weight excluding hydrogens is 284 g/mol. The second-order valence-electron chi connectivity index (χ2n) is 7.12. The Kier molecular flexibility index (Phi) is 5.90. The largest absolute Gasteiger partial charge is 0.459 e. The highest BCUT2D eigenvalue weighted by atomic mass is 16.5. The fraction of sp³-hybridized carbons (Fsp3) is 0.571. The van der Waals surface area contributed by atoms with Gasteiger partial charge in [0.25, 0.3) is 0 Å². The Labute approximate surface area is 139 Å². The van der Waals surface area contributed by atoms with E-state index in [-0.39, 0.29) is 12.1 Å². The van der Waals surface area contributed by atoms with Gasteiger partial charge in [-0.2, -0.15) is 0 Å². The van der Waals surface area contributed by atoms with Crippen LogP contribution in [0.25, 0.3) is 6.08 Å². The van der Waals surface area contributed by atoms with Gasteiger partial charge in [0.15, 0.2) is 0 Å². The zero-order valence-corrected chi connectivity index (χ0v) is 14.0. The van der Waals surface area contributed by atoms with Gasteiger partial charge in [0, 0.05) is 6.08 Å². The zero-order valence-electron chi connectivity index (χ0n) is 14.0. The third-order valence-corrected chi connectivity index (χ3v) is 5.53. The molecule has 0 unspecified atom stereocenters. The predicted molar refractivity (Wildman–Crippen MR) is 93.9 cm³/mol. The van der Waals surface area contributed by atoms with Gasteiger partial charge in [0.05, 0.1) is 0 Å². The van der Waals surface area contributed by atoms with Gasteiger partial charge in [-0.1, -0.05) is 62.4 Å². The number of esters is 1. The van der Waals surface area contributed by atoms with E-state index in [2.05, 4.69) is 0 Å². The van der Waals surface area contributed by atoms with Crippen LogP contribution < -0.4 is 0 Å². The van der Waals surface area contributed by atoms with Gasteiger partial charge in [-0.3, -0.25) is 0 Å². The molecule has 0 bridgehead atoms. The van der Waals surface area contributed by atoms with Crippen molar-refractivity contribution < 1.29 is 9.53 Å². The number of benzene rings is 1. The standard InChI is InChI=1S/C21H28O2/c22-21(16-11-17-7-3-1-4-8-17)23-20-14-12-19(13-15-20)18-9-5-2-6-10-18/h1,3-4,7-8,11,16,18-20H,2,5-6,9-10,12-15H2/b16-11+. The van der Waals surface area contributed by atoms with Crippen molar-refractivity contribution in [3.8, 4) is 0 Å². The number of ether oxygens (including phenoxy) is 1. The molecular formula is C21H28O2. The van der Waals surface area contributed by atoms with Crippen LogP contribution >= 0.6 is 0 Å². The van der Waals surface area contributed by atoms with Gasteiger partial charge in [-0.05, 0) is 49.2 Å². The summed E-state index contributed by atoms with van der Waals surface area (Å²) in [6, 6.07) is 9.88. The fourth-order valence-electron chi connectivity index (χ4n) is 4.22. The van der Waals surface area contributed by atoms with Gasteiger partial charge in [-0.25, -0.2) is 4.79 Å². The minimum atomic E-state index is -0.199. The van der Waals surface area contributed by atoms with E-state index in [1.54, 1.807) is 6.08 Å². The van der Waals surface area contributed by atoms with E-state index in [9.17, 15) is 4.79 Å². The maximum absolute atomic E-state index is 12.0. The van der Waals surface area contributed by atoms with E-state index in [1.807, 2.05) is 36.4 Å².